The van der Waals surface area contributed by atoms with E-state index in [9.17, 15) is 0 Å². The summed E-state index contributed by atoms with van der Waals surface area (Å²) in [5.41, 5.74) is 0.780. The van der Waals surface area contributed by atoms with E-state index < -0.39 is 0 Å². The number of unbranched alkanes of at least 4 members (excludes halogenated alkanes) is 3. The molecule has 0 N–H and O–H groups in total. The van der Waals surface area contributed by atoms with Gasteiger partial charge in [0.15, 0.2) is 0 Å². The summed E-state index contributed by atoms with van der Waals surface area (Å²) in [6.07, 6.45) is 8.65. The minimum absolute atomic E-state index is 0.541. The Kier molecular flexibility index (Phi) is 8.56. The highest BCUT2D eigenvalue weighted by Crippen LogP contribution is 2.29. The highest BCUT2D eigenvalue weighted by molar-refractivity contribution is 6.40. The van der Waals surface area contributed by atoms with E-state index in [1.54, 1.807) is 12.1 Å². The van der Waals surface area contributed by atoms with Crippen LogP contribution in [-0.2, 0) is 4.74 Å². The van der Waals surface area contributed by atoms with Gasteiger partial charge in [0.2, 0.25) is 0 Å². The van der Waals surface area contributed by atoms with Crippen molar-refractivity contribution < 1.29 is 4.74 Å². The molecule has 0 aromatic heterocycles. The van der Waals surface area contributed by atoms with Gasteiger partial charge < -0.3 is 4.74 Å². The van der Waals surface area contributed by atoms with Gasteiger partial charge in [-0.25, -0.2) is 0 Å². The summed E-state index contributed by atoms with van der Waals surface area (Å²) in [5, 5.41) is 1.65. The molecule has 0 bridgehead atoms. The summed E-state index contributed by atoms with van der Waals surface area (Å²) in [6, 6.07) is 3.36. The van der Waals surface area contributed by atoms with Crippen molar-refractivity contribution in [3.8, 4) is 0 Å². The van der Waals surface area contributed by atoms with Crippen LogP contribution in [0.15, 0.2) is 18.2 Å². The maximum atomic E-state index is 6.07. The first-order valence-corrected chi connectivity index (χ1v) is 7.67. The molecule has 1 nitrogen and oxygen atoms in total. The van der Waals surface area contributed by atoms with E-state index in [1.165, 1.54) is 19.3 Å². The lowest BCUT2D eigenvalue weighted by atomic mass is 10.2. The van der Waals surface area contributed by atoms with Crippen molar-refractivity contribution in [3.05, 3.63) is 38.8 Å². The van der Waals surface area contributed by atoms with Gasteiger partial charge in [0.1, 0.15) is 0 Å². The van der Waals surface area contributed by atoms with Gasteiger partial charge in [-0.15, -0.1) is 0 Å². The van der Waals surface area contributed by atoms with Crippen molar-refractivity contribution in [2.45, 2.75) is 32.6 Å². The standard InChI is InChI=1S/C15H19Cl3O/c1-2-3-4-5-8-19-9-6-7-13-14(17)10-12(16)11-15(13)18/h6-7,10-11H,2-5,8-9H2,1H3. The summed E-state index contributed by atoms with van der Waals surface area (Å²) in [5.74, 6) is 0. The molecule has 19 heavy (non-hydrogen) atoms. The van der Waals surface area contributed by atoms with Crippen LogP contribution < -0.4 is 0 Å². The van der Waals surface area contributed by atoms with Gasteiger partial charge in [0.05, 0.1) is 16.7 Å². The zero-order valence-electron chi connectivity index (χ0n) is 11.1. The molecule has 0 saturated carbocycles. The molecule has 0 atom stereocenters. The van der Waals surface area contributed by atoms with E-state index in [2.05, 4.69) is 6.92 Å². The maximum Gasteiger partial charge on any atom is 0.0650 e. The van der Waals surface area contributed by atoms with Crippen molar-refractivity contribution in [2.75, 3.05) is 13.2 Å². The minimum Gasteiger partial charge on any atom is -0.377 e. The molecule has 4 heteroatoms. The summed E-state index contributed by atoms with van der Waals surface area (Å²) in [4.78, 5) is 0. The predicted molar refractivity (Wildman–Crippen MR) is 85.5 cm³/mol. The Balaban J connectivity index is 2.33. The maximum absolute atomic E-state index is 6.07. The van der Waals surface area contributed by atoms with Gasteiger partial charge in [-0.1, -0.05) is 73.1 Å². The average molecular weight is 322 g/mol. The topological polar surface area (TPSA) is 9.23 Å². The third kappa shape index (κ3) is 6.67. The number of halogens is 3. The summed E-state index contributed by atoms with van der Waals surface area (Å²) in [7, 11) is 0. The van der Waals surface area contributed by atoms with Crippen LogP contribution in [0.25, 0.3) is 6.08 Å². The first-order valence-electron chi connectivity index (χ1n) is 6.54. The second-order valence-electron chi connectivity index (χ2n) is 4.32. The van der Waals surface area contributed by atoms with Crippen LogP contribution in [0, 0.1) is 0 Å². The molecule has 1 aromatic carbocycles. The second kappa shape index (κ2) is 9.66. The predicted octanol–water partition coefficient (Wildman–Crippen LogP) is 6.26. The van der Waals surface area contributed by atoms with Crippen molar-refractivity contribution >= 4 is 40.9 Å². The van der Waals surface area contributed by atoms with E-state index in [1.807, 2.05) is 12.2 Å². The van der Waals surface area contributed by atoms with E-state index in [4.69, 9.17) is 39.5 Å². The van der Waals surface area contributed by atoms with Crippen molar-refractivity contribution in [1.29, 1.82) is 0 Å². The minimum atomic E-state index is 0.541. The molecule has 0 unspecified atom stereocenters. The molecule has 0 saturated heterocycles. The molecule has 0 fully saturated rings. The zero-order valence-corrected chi connectivity index (χ0v) is 13.4. The number of hydrogen-bond acceptors (Lipinski definition) is 1. The van der Waals surface area contributed by atoms with Gasteiger partial charge in [0.25, 0.3) is 0 Å². The van der Waals surface area contributed by atoms with Crippen LogP contribution in [0.1, 0.15) is 38.2 Å². The van der Waals surface area contributed by atoms with E-state index in [-0.39, 0.29) is 0 Å². The molecular weight excluding hydrogens is 303 g/mol. The van der Waals surface area contributed by atoms with Gasteiger partial charge in [-0.05, 0) is 18.6 Å². The molecule has 0 heterocycles. The molecule has 1 rings (SSSR count). The van der Waals surface area contributed by atoms with Gasteiger partial charge >= 0.3 is 0 Å². The molecule has 0 aliphatic carbocycles. The molecule has 0 aliphatic rings. The SMILES string of the molecule is CCCCCCOCC=Cc1c(Cl)cc(Cl)cc1Cl. The molecule has 0 spiro atoms. The summed E-state index contributed by atoms with van der Waals surface area (Å²) < 4.78 is 5.51. The van der Waals surface area contributed by atoms with Crippen LogP contribution in [-0.4, -0.2) is 13.2 Å². The van der Waals surface area contributed by atoms with Crippen LogP contribution in [0.2, 0.25) is 15.1 Å². The molecule has 0 radical (unpaired) electrons. The van der Waals surface area contributed by atoms with Crippen molar-refractivity contribution in [3.63, 3.8) is 0 Å². The lowest BCUT2D eigenvalue weighted by Crippen LogP contribution is -1.94. The summed E-state index contributed by atoms with van der Waals surface area (Å²) in [6.45, 7) is 3.57. The molecule has 106 valence electrons. The Morgan fingerprint density at radius 3 is 2.37 bits per heavy atom. The Bertz CT molecular complexity index is 393. The monoisotopic (exact) mass is 320 g/mol. The first kappa shape index (κ1) is 16.8. The van der Waals surface area contributed by atoms with Crippen molar-refractivity contribution in [2.24, 2.45) is 0 Å². The number of rotatable bonds is 8. The van der Waals surface area contributed by atoms with E-state index >= 15 is 0 Å². The van der Waals surface area contributed by atoms with Crippen LogP contribution in [0.4, 0.5) is 0 Å². The summed E-state index contributed by atoms with van der Waals surface area (Å²) >= 11 is 18.0. The molecule has 1 aromatic rings. The van der Waals surface area contributed by atoms with Crippen LogP contribution >= 0.6 is 34.8 Å². The van der Waals surface area contributed by atoms with E-state index in [0.717, 1.165) is 18.6 Å². The lowest BCUT2D eigenvalue weighted by molar-refractivity contribution is 0.157. The van der Waals surface area contributed by atoms with Gasteiger partial charge in [-0.3, -0.25) is 0 Å². The first-order chi connectivity index (χ1) is 9.15. The van der Waals surface area contributed by atoms with E-state index in [0.29, 0.717) is 21.7 Å². The zero-order chi connectivity index (χ0) is 14.1. The molecular formula is C15H19Cl3O. The number of benzene rings is 1. The highest BCUT2D eigenvalue weighted by atomic mass is 35.5. The average Bonchev–Trinajstić information content (AvgIpc) is 2.35. The molecule has 0 aliphatic heterocycles. The Labute approximate surface area is 130 Å². The fourth-order valence-corrected chi connectivity index (χ4v) is 2.60. The number of ether oxygens (including phenoxy) is 1. The quantitative estimate of drug-likeness (QED) is 0.514. The van der Waals surface area contributed by atoms with Gasteiger partial charge in [0, 0.05) is 17.2 Å². The third-order valence-electron chi connectivity index (χ3n) is 2.68. The normalized spacial score (nSPS) is 11.4. The molecule has 0 amide bonds. The largest absolute Gasteiger partial charge is 0.377 e. The van der Waals surface area contributed by atoms with Crippen molar-refractivity contribution in [1.82, 2.24) is 0 Å². The van der Waals surface area contributed by atoms with Crippen LogP contribution in [0.3, 0.4) is 0 Å². The fraction of sp³-hybridized carbons (Fsp3) is 0.467. The Morgan fingerprint density at radius 1 is 1.05 bits per heavy atom. The third-order valence-corrected chi connectivity index (χ3v) is 3.53. The lowest BCUT2D eigenvalue weighted by Gasteiger charge is -2.03. The highest BCUT2D eigenvalue weighted by Gasteiger charge is 2.04. The fourth-order valence-electron chi connectivity index (χ4n) is 1.66. The Hall–Kier alpha value is -0.210. The van der Waals surface area contributed by atoms with Crippen LogP contribution in [0.5, 0.6) is 0 Å². The Morgan fingerprint density at radius 2 is 1.74 bits per heavy atom. The second-order valence-corrected chi connectivity index (χ2v) is 5.57. The van der Waals surface area contributed by atoms with Gasteiger partial charge in [-0.2, -0.15) is 0 Å². The smallest absolute Gasteiger partial charge is 0.0650 e. The number of hydrogen-bond donors (Lipinski definition) is 0.